The van der Waals surface area contributed by atoms with Crippen molar-refractivity contribution >= 4 is 29.0 Å². The van der Waals surface area contributed by atoms with Gasteiger partial charge in [-0.15, -0.1) is 20.1 Å². The largest absolute Gasteiger partial charge is 0.586 e. The van der Waals surface area contributed by atoms with Crippen LogP contribution in [0.2, 0.25) is 0 Å². The number of ether oxygens (including phenoxy) is 2. The van der Waals surface area contributed by atoms with Crippen molar-refractivity contribution in [1.82, 2.24) is 0 Å². The number of rotatable bonds is 3. The number of alkyl halides is 2. The Bertz CT molecular complexity index is 687. The summed E-state index contributed by atoms with van der Waals surface area (Å²) in [4.78, 5) is 11.7. The standard InChI is InChI=1S/C12H7F2NO3S2/c13-12(14)17-8-2-1-7(4-9(8)18-12)20-10-3-6(5-19-10)11(15)16/h1-5H,(H2,15,16). The Labute approximate surface area is 120 Å². The number of thiophene rings is 1. The maximum atomic E-state index is 12.9. The third kappa shape index (κ3) is 2.56. The van der Waals surface area contributed by atoms with Gasteiger partial charge in [0.2, 0.25) is 5.91 Å². The predicted octanol–water partition coefficient (Wildman–Crippen LogP) is 3.32. The summed E-state index contributed by atoms with van der Waals surface area (Å²) in [5.41, 5.74) is 5.58. The van der Waals surface area contributed by atoms with E-state index in [0.29, 0.717) is 10.5 Å². The van der Waals surface area contributed by atoms with Crippen LogP contribution >= 0.6 is 23.1 Å². The second-order valence-corrected chi connectivity index (χ2v) is 6.18. The molecule has 1 aliphatic heterocycles. The first-order valence-corrected chi connectivity index (χ1v) is 7.09. The highest BCUT2D eigenvalue weighted by atomic mass is 32.2. The quantitative estimate of drug-likeness (QED) is 0.944. The summed E-state index contributed by atoms with van der Waals surface area (Å²) < 4.78 is 35.3. The maximum absolute atomic E-state index is 12.9. The number of hydrogen-bond donors (Lipinski definition) is 1. The predicted molar refractivity (Wildman–Crippen MR) is 69.6 cm³/mol. The molecule has 3 rings (SSSR count). The molecular weight excluding hydrogens is 308 g/mol. The normalized spacial score (nSPS) is 15.3. The lowest BCUT2D eigenvalue weighted by Crippen LogP contribution is -2.25. The molecule has 0 atom stereocenters. The minimum atomic E-state index is -3.62. The lowest BCUT2D eigenvalue weighted by Gasteiger charge is -2.04. The molecule has 2 N–H and O–H groups in total. The van der Waals surface area contributed by atoms with Crippen molar-refractivity contribution in [3.05, 3.63) is 35.2 Å². The molecule has 1 aliphatic rings. The topological polar surface area (TPSA) is 61.6 Å². The van der Waals surface area contributed by atoms with Crippen molar-refractivity contribution in [2.75, 3.05) is 0 Å². The molecule has 0 unspecified atom stereocenters. The Morgan fingerprint density at radius 3 is 2.70 bits per heavy atom. The lowest BCUT2D eigenvalue weighted by molar-refractivity contribution is -0.286. The van der Waals surface area contributed by atoms with E-state index in [1.165, 1.54) is 35.2 Å². The minimum absolute atomic E-state index is 0.00311. The van der Waals surface area contributed by atoms with Gasteiger partial charge in [-0.3, -0.25) is 4.79 Å². The van der Waals surface area contributed by atoms with E-state index in [4.69, 9.17) is 5.73 Å². The second-order valence-electron chi connectivity index (χ2n) is 3.90. The van der Waals surface area contributed by atoms with Gasteiger partial charge in [0.1, 0.15) is 0 Å². The zero-order valence-corrected chi connectivity index (χ0v) is 11.4. The number of carbonyl (C=O) groups is 1. The number of carbonyl (C=O) groups excluding carboxylic acids is 1. The van der Waals surface area contributed by atoms with E-state index in [1.807, 2.05) is 0 Å². The van der Waals surface area contributed by atoms with Crippen LogP contribution in [0.25, 0.3) is 0 Å². The maximum Gasteiger partial charge on any atom is 0.586 e. The van der Waals surface area contributed by atoms with Crippen LogP contribution in [0.15, 0.2) is 38.8 Å². The van der Waals surface area contributed by atoms with Crippen molar-refractivity contribution in [3.8, 4) is 11.5 Å². The molecule has 0 aliphatic carbocycles. The Morgan fingerprint density at radius 1 is 1.25 bits per heavy atom. The number of nitrogens with two attached hydrogens (primary N) is 1. The Hall–Kier alpha value is -1.80. The Kier molecular flexibility index (Phi) is 3.06. The van der Waals surface area contributed by atoms with Crippen LogP contribution < -0.4 is 15.2 Å². The third-order valence-electron chi connectivity index (χ3n) is 2.45. The minimum Gasteiger partial charge on any atom is -0.395 e. The van der Waals surface area contributed by atoms with Gasteiger partial charge >= 0.3 is 6.29 Å². The highest BCUT2D eigenvalue weighted by molar-refractivity contribution is 8.01. The molecule has 20 heavy (non-hydrogen) atoms. The SMILES string of the molecule is NC(=O)c1csc(Sc2ccc3c(c2)OC(F)(F)O3)c1. The van der Waals surface area contributed by atoms with Gasteiger partial charge in [0.05, 0.1) is 9.77 Å². The molecule has 2 heterocycles. The Balaban J connectivity index is 1.81. The molecule has 0 radical (unpaired) electrons. The molecule has 2 aromatic rings. The number of fused-ring (bicyclic) bond motifs is 1. The van der Waals surface area contributed by atoms with Crippen molar-refractivity contribution in [3.63, 3.8) is 0 Å². The molecule has 4 nitrogen and oxygen atoms in total. The zero-order valence-electron chi connectivity index (χ0n) is 9.76. The fourth-order valence-corrected chi connectivity index (χ4v) is 3.58. The van der Waals surface area contributed by atoms with Crippen LogP contribution in [0.5, 0.6) is 11.5 Å². The summed E-state index contributed by atoms with van der Waals surface area (Å²) in [6.45, 7) is 0. The molecule has 8 heteroatoms. The number of halogens is 2. The smallest absolute Gasteiger partial charge is 0.395 e. The van der Waals surface area contributed by atoms with E-state index in [1.54, 1.807) is 17.5 Å². The second kappa shape index (κ2) is 4.64. The van der Waals surface area contributed by atoms with Crippen molar-refractivity contribution in [2.24, 2.45) is 5.73 Å². The number of amides is 1. The summed E-state index contributed by atoms with van der Waals surface area (Å²) in [6.07, 6.45) is -3.62. The molecule has 0 fully saturated rings. The summed E-state index contributed by atoms with van der Waals surface area (Å²) in [5, 5.41) is 1.64. The van der Waals surface area contributed by atoms with Gasteiger partial charge in [-0.05, 0) is 24.3 Å². The van der Waals surface area contributed by atoms with Crippen LogP contribution in [0.4, 0.5) is 8.78 Å². The first-order chi connectivity index (χ1) is 9.43. The molecule has 1 aromatic carbocycles. The van der Waals surface area contributed by atoms with Gasteiger partial charge in [-0.2, -0.15) is 0 Å². The summed E-state index contributed by atoms with van der Waals surface area (Å²) in [7, 11) is 0. The molecule has 1 aromatic heterocycles. The molecule has 0 saturated carbocycles. The average molecular weight is 315 g/mol. The molecule has 0 bridgehead atoms. The van der Waals surface area contributed by atoms with Gasteiger partial charge < -0.3 is 15.2 Å². The monoisotopic (exact) mass is 315 g/mol. The molecule has 0 spiro atoms. The van der Waals surface area contributed by atoms with Crippen LogP contribution in [0.1, 0.15) is 10.4 Å². The lowest BCUT2D eigenvalue weighted by atomic mass is 10.3. The number of benzene rings is 1. The summed E-state index contributed by atoms with van der Waals surface area (Å²) in [5.74, 6) is -0.506. The first-order valence-electron chi connectivity index (χ1n) is 5.39. The summed E-state index contributed by atoms with van der Waals surface area (Å²) >= 11 is 2.67. The van der Waals surface area contributed by atoms with Crippen LogP contribution in [-0.2, 0) is 0 Å². The molecule has 104 valence electrons. The number of hydrogen-bond acceptors (Lipinski definition) is 5. The van der Waals surface area contributed by atoms with E-state index in [9.17, 15) is 13.6 Å². The van der Waals surface area contributed by atoms with Gasteiger partial charge in [-0.25, -0.2) is 0 Å². The van der Waals surface area contributed by atoms with Crippen molar-refractivity contribution in [2.45, 2.75) is 15.4 Å². The third-order valence-corrected chi connectivity index (χ3v) is 4.52. The van der Waals surface area contributed by atoms with E-state index < -0.39 is 12.2 Å². The summed E-state index contributed by atoms with van der Waals surface area (Å²) in [6, 6.07) is 6.17. The molecule has 0 saturated heterocycles. The molecule has 1 amide bonds. The van der Waals surface area contributed by atoms with E-state index in [0.717, 1.165) is 4.21 Å². The van der Waals surface area contributed by atoms with Crippen LogP contribution in [0, 0.1) is 0 Å². The van der Waals surface area contributed by atoms with Gasteiger partial charge in [-0.1, -0.05) is 11.8 Å². The van der Waals surface area contributed by atoms with Crippen LogP contribution in [0.3, 0.4) is 0 Å². The van der Waals surface area contributed by atoms with Crippen molar-refractivity contribution < 1.29 is 23.0 Å². The molecular formula is C12H7F2NO3S2. The van der Waals surface area contributed by atoms with Crippen LogP contribution in [-0.4, -0.2) is 12.2 Å². The Morgan fingerprint density at radius 2 is 2.00 bits per heavy atom. The van der Waals surface area contributed by atoms with E-state index in [-0.39, 0.29) is 11.5 Å². The highest BCUT2D eigenvalue weighted by Crippen LogP contribution is 2.44. The van der Waals surface area contributed by atoms with E-state index in [2.05, 4.69) is 9.47 Å². The van der Waals surface area contributed by atoms with Crippen molar-refractivity contribution in [1.29, 1.82) is 0 Å². The fraction of sp³-hybridized carbons (Fsp3) is 0.0833. The zero-order chi connectivity index (χ0) is 14.3. The fourth-order valence-electron chi connectivity index (χ4n) is 1.61. The number of primary amides is 1. The van der Waals surface area contributed by atoms with E-state index >= 15 is 0 Å². The first kappa shape index (κ1) is 13.2. The average Bonchev–Trinajstić information content (AvgIpc) is 2.91. The van der Waals surface area contributed by atoms with Gasteiger partial charge in [0.15, 0.2) is 11.5 Å². The highest BCUT2D eigenvalue weighted by Gasteiger charge is 2.43. The van der Waals surface area contributed by atoms with Gasteiger partial charge in [0, 0.05) is 10.3 Å². The van der Waals surface area contributed by atoms with Gasteiger partial charge in [0.25, 0.3) is 0 Å².